The average molecular weight is 335 g/mol. The van der Waals surface area contributed by atoms with Crippen molar-refractivity contribution in [3.63, 3.8) is 0 Å². The number of carbonyl (C=O) groups excluding carboxylic acids is 1. The molecule has 0 atom stereocenters. The van der Waals surface area contributed by atoms with Crippen molar-refractivity contribution in [2.24, 2.45) is 5.92 Å². The van der Waals surface area contributed by atoms with Gasteiger partial charge in [-0.15, -0.1) is 0 Å². The largest absolute Gasteiger partial charge is 0.464 e. The molecule has 4 nitrogen and oxygen atoms in total. The zero-order valence-electron chi connectivity index (χ0n) is 11.4. The first kappa shape index (κ1) is 14.6. The highest BCUT2D eigenvalue weighted by Crippen LogP contribution is 2.24. The molecule has 104 valence electrons. The molecule has 0 saturated heterocycles. The Bertz CT molecular complexity index is 683. The van der Waals surface area contributed by atoms with Gasteiger partial charge in [0.2, 0.25) is 0 Å². The van der Waals surface area contributed by atoms with Crippen LogP contribution in [0.2, 0.25) is 0 Å². The molecule has 1 heterocycles. The summed E-state index contributed by atoms with van der Waals surface area (Å²) < 4.78 is 7.83. The summed E-state index contributed by atoms with van der Waals surface area (Å²) in [4.78, 5) is 11.8. The van der Waals surface area contributed by atoms with Crippen molar-refractivity contribution in [1.82, 2.24) is 4.57 Å². The predicted octanol–water partition coefficient (Wildman–Crippen LogP) is 3.47. The zero-order valence-corrected chi connectivity index (χ0v) is 13.0. The molecular formula is C15H15BrN2O2. The number of aromatic nitrogens is 1. The fourth-order valence-corrected chi connectivity index (χ4v) is 2.29. The molecular weight excluding hydrogens is 320 g/mol. The number of halogens is 1. The fraction of sp³-hybridized carbons (Fsp3) is 0.333. The van der Waals surface area contributed by atoms with Crippen molar-refractivity contribution < 1.29 is 9.53 Å². The lowest BCUT2D eigenvalue weighted by Crippen LogP contribution is -2.15. The van der Waals surface area contributed by atoms with Gasteiger partial charge in [0.05, 0.1) is 12.2 Å². The summed E-state index contributed by atoms with van der Waals surface area (Å²) in [6.07, 6.45) is 1.69. The van der Waals surface area contributed by atoms with E-state index in [0.717, 1.165) is 15.4 Å². The van der Waals surface area contributed by atoms with E-state index in [2.05, 4.69) is 22.0 Å². The number of esters is 1. The highest BCUT2D eigenvalue weighted by atomic mass is 79.9. The van der Waals surface area contributed by atoms with Gasteiger partial charge in [0.15, 0.2) is 0 Å². The minimum Gasteiger partial charge on any atom is -0.464 e. The zero-order chi connectivity index (χ0) is 14.7. The molecule has 0 N–H and O–H groups in total. The number of rotatable bonds is 4. The normalized spacial score (nSPS) is 10.8. The van der Waals surface area contributed by atoms with Crippen LogP contribution in [-0.2, 0) is 16.1 Å². The van der Waals surface area contributed by atoms with E-state index < -0.39 is 0 Å². The van der Waals surface area contributed by atoms with E-state index >= 15 is 0 Å². The standard InChI is InChI=1S/C15H15BrN2O2/c1-10(2)9-20-15(19)8-18-7-11(6-17)13-5-12(16)3-4-14(13)18/h3-5,7,10H,8-9H2,1-2H3. The minimum atomic E-state index is -0.289. The van der Waals surface area contributed by atoms with Crippen molar-refractivity contribution in [3.05, 3.63) is 34.4 Å². The second kappa shape index (κ2) is 6.10. The van der Waals surface area contributed by atoms with Gasteiger partial charge in [-0.3, -0.25) is 4.79 Å². The Hall–Kier alpha value is -1.80. The van der Waals surface area contributed by atoms with Gasteiger partial charge in [-0.25, -0.2) is 0 Å². The first-order valence-corrected chi connectivity index (χ1v) is 7.14. The second-order valence-electron chi connectivity index (χ2n) is 5.02. The van der Waals surface area contributed by atoms with E-state index in [4.69, 9.17) is 10.00 Å². The molecule has 0 aliphatic rings. The Morgan fingerprint density at radius 3 is 2.90 bits per heavy atom. The number of nitriles is 1. The van der Waals surface area contributed by atoms with Crippen LogP contribution in [0.4, 0.5) is 0 Å². The van der Waals surface area contributed by atoms with Gasteiger partial charge in [-0.1, -0.05) is 29.8 Å². The molecule has 20 heavy (non-hydrogen) atoms. The van der Waals surface area contributed by atoms with E-state index in [9.17, 15) is 4.79 Å². The van der Waals surface area contributed by atoms with Gasteiger partial charge >= 0.3 is 5.97 Å². The number of carbonyl (C=O) groups is 1. The maximum Gasteiger partial charge on any atom is 0.325 e. The number of benzene rings is 1. The summed E-state index contributed by atoms with van der Waals surface area (Å²) in [6, 6.07) is 7.80. The Labute approximate surface area is 126 Å². The summed E-state index contributed by atoms with van der Waals surface area (Å²) in [7, 11) is 0. The third-order valence-corrected chi connectivity index (χ3v) is 3.33. The number of nitrogens with zero attached hydrogens (tertiary/aromatic N) is 2. The molecule has 0 fully saturated rings. The predicted molar refractivity (Wildman–Crippen MR) is 80.2 cm³/mol. The SMILES string of the molecule is CC(C)COC(=O)Cn1cc(C#N)c2cc(Br)ccc21. The Kier molecular flexibility index (Phi) is 4.46. The van der Waals surface area contributed by atoms with Crippen LogP contribution in [0.15, 0.2) is 28.9 Å². The lowest BCUT2D eigenvalue weighted by Gasteiger charge is -2.08. The highest BCUT2D eigenvalue weighted by Gasteiger charge is 2.12. The summed E-state index contributed by atoms with van der Waals surface area (Å²) in [5.74, 6) is 0.0222. The fourth-order valence-electron chi connectivity index (χ4n) is 1.93. The Morgan fingerprint density at radius 1 is 1.50 bits per heavy atom. The van der Waals surface area contributed by atoms with Gasteiger partial charge in [0.25, 0.3) is 0 Å². The molecule has 2 aromatic rings. The highest BCUT2D eigenvalue weighted by molar-refractivity contribution is 9.10. The molecule has 2 rings (SSSR count). The second-order valence-corrected chi connectivity index (χ2v) is 5.94. The van der Waals surface area contributed by atoms with Crippen molar-refractivity contribution in [3.8, 4) is 6.07 Å². The van der Waals surface area contributed by atoms with Gasteiger partial charge in [0, 0.05) is 21.6 Å². The smallest absolute Gasteiger partial charge is 0.325 e. The Balaban J connectivity index is 2.27. The average Bonchev–Trinajstić information content (AvgIpc) is 2.73. The van der Waals surface area contributed by atoms with Crippen LogP contribution >= 0.6 is 15.9 Å². The quantitative estimate of drug-likeness (QED) is 0.804. The third-order valence-electron chi connectivity index (χ3n) is 2.84. The molecule has 0 saturated carbocycles. The van der Waals surface area contributed by atoms with Crippen LogP contribution in [0.5, 0.6) is 0 Å². The summed E-state index contributed by atoms with van der Waals surface area (Å²) in [6.45, 7) is 4.51. The van der Waals surface area contributed by atoms with Crippen LogP contribution in [-0.4, -0.2) is 17.1 Å². The first-order valence-electron chi connectivity index (χ1n) is 6.35. The van der Waals surface area contributed by atoms with Gasteiger partial charge in [-0.2, -0.15) is 5.26 Å². The van der Waals surface area contributed by atoms with Crippen molar-refractivity contribution in [2.75, 3.05) is 6.61 Å². The minimum absolute atomic E-state index is 0.118. The number of ether oxygens (including phenoxy) is 1. The van der Waals surface area contributed by atoms with Crippen molar-refractivity contribution in [1.29, 1.82) is 5.26 Å². The van der Waals surface area contributed by atoms with Crippen LogP contribution in [0.25, 0.3) is 10.9 Å². The molecule has 5 heteroatoms. The van der Waals surface area contributed by atoms with Gasteiger partial charge < -0.3 is 9.30 Å². The van der Waals surface area contributed by atoms with Crippen LogP contribution < -0.4 is 0 Å². The molecule has 0 amide bonds. The molecule has 0 unspecified atom stereocenters. The van der Waals surface area contributed by atoms with Crippen LogP contribution in [0.1, 0.15) is 19.4 Å². The van der Waals surface area contributed by atoms with Crippen LogP contribution in [0, 0.1) is 17.2 Å². The lowest BCUT2D eigenvalue weighted by atomic mass is 10.2. The van der Waals surface area contributed by atoms with E-state index in [1.54, 1.807) is 10.8 Å². The van der Waals surface area contributed by atoms with Gasteiger partial charge in [0.1, 0.15) is 12.6 Å². The number of fused-ring (bicyclic) bond motifs is 1. The number of hydrogen-bond donors (Lipinski definition) is 0. The third kappa shape index (κ3) is 3.20. The summed E-state index contributed by atoms with van der Waals surface area (Å²) in [5.41, 5.74) is 1.41. The lowest BCUT2D eigenvalue weighted by molar-refractivity contribution is -0.145. The van der Waals surface area contributed by atoms with Crippen molar-refractivity contribution >= 4 is 32.8 Å². The Morgan fingerprint density at radius 2 is 2.25 bits per heavy atom. The molecule has 0 bridgehead atoms. The first-order chi connectivity index (χ1) is 9.51. The summed E-state index contributed by atoms with van der Waals surface area (Å²) >= 11 is 3.39. The van der Waals surface area contributed by atoms with E-state index in [-0.39, 0.29) is 12.5 Å². The van der Waals surface area contributed by atoms with Gasteiger partial charge in [-0.05, 0) is 24.1 Å². The molecule has 0 spiro atoms. The maximum atomic E-state index is 11.8. The van der Waals surface area contributed by atoms with E-state index in [0.29, 0.717) is 18.1 Å². The van der Waals surface area contributed by atoms with E-state index in [1.807, 2.05) is 32.0 Å². The number of hydrogen-bond acceptors (Lipinski definition) is 3. The molecule has 0 aliphatic carbocycles. The monoisotopic (exact) mass is 334 g/mol. The topological polar surface area (TPSA) is 55.0 Å². The van der Waals surface area contributed by atoms with Crippen LogP contribution in [0.3, 0.4) is 0 Å². The van der Waals surface area contributed by atoms with E-state index in [1.165, 1.54) is 0 Å². The summed E-state index contributed by atoms with van der Waals surface area (Å²) in [5, 5.41) is 9.99. The van der Waals surface area contributed by atoms with Crippen molar-refractivity contribution in [2.45, 2.75) is 20.4 Å². The maximum absolute atomic E-state index is 11.8. The molecule has 1 aromatic carbocycles. The molecule has 1 aromatic heterocycles. The molecule has 0 aliphatic heterocycles. The molecule has 0 radical (unpaired) electrons.